The van der Waals surface area contributed by atoms with Crippen molar-refractivity contribution in [3.63, 3.8) is 0 Å². The lowest BCUT2D eigenvalue weighted by atomic mass is 9.99. The van der Waals surface area contributed by atoms with Crippen LogP contribution in [0.4, 0.5) is 0 Å². The molecule has 0 aliphatic rings. The van der Waals surface area contributed by atoms with E-state index in [2.05, 4.69) is 23.3 Å². The van der Waals surface area contributed by atoms with Gasteiger partial charge in [-0.1, -0.05) is 38.1 Å². The van der Waals surface area contributed by atoms with Crippen molar-refractivity contribution in [3.05, 3.63) is 52.5 Å². The second-order valence-corrected chi connectivity index (χ2v) is 8.39. The van der Waals surface area contributed by atoms with Crippen molar-refractivity contribution >= 4 is 28.4 Å². The first-order valence-corrected chi connectivity index (χ1v) is 10.1. The Morgan fingerprint density at radius 1 is 1.14 bits per heavy atom. The normalized spacial score (nSPS) is 12.5. The van der Waals surface area contributed by atoms with Crippen LogP contribution in [0.15, 0.2) is 33.6 Å². The molecule has 0 fully saturated rings. The summed E-state index contributed by atoms with van der Waals surface area (Å²) in [4.78, 5) is 11.7. The zero-order chi connectivity index (χ0) is 20.4. The summed E-state index contributed by atoms with van der Waals surface area (Å²) in [6.07, 6.45) is 0. The predicted octanol–water partition coefficient (Wildman–Crippen LogP) is 3.21. The van der Waals surface area contributed by atoms with Crippen LogP contribution in [-0.4, -0.2) is 28.0 Å². The molecule has 0 amide bonds. The van der Waals surface area contributed by atoms with E-state index in [1.165, 1.54) is 26.5 Å². The summed E-state index contributed by atoms with van der Waals surface area (Å²) in [7, 11) is -2.82. The number of ether oxygens (including phenoxy) is 1. The largest absolute Gasteiger partial charge is 0.465 e. The van der Waals surface area contributed by atoms with Crippen LogP contribution in [0.2, 0.25) is 0 Å². The molecule has 28 heavy (non-hydrogen) atoms. The summed E-state index contributed by atoms with van der Waals surface area (Å²) in [5.74, 6) is -0.0559. The Kier molecular flexibility index (Phi) is 8.25. The Morgan fingerprint density at radius 2 is 1.68 bits per heavy atom. The van der Waals surface area contributed by atoms with Gasteiger partial charge in [-0.3, -0.25) is 0 Å². The van der Waals surface area contributed by atoms with E-state index < -0.39 is 22.0 Å². The number of sulfonamides is 1. The molecule has 0 aliphatic carbocycles. The van der Waals surface area contributed by atoms with Gasteiger partial charge in [-0.05, 0) is 30.9 Å². The lowest BCUT2D eigenvalue weighted by Crippen LogP contribution is -2.33. The number of nitrogens with one attached hydrogen (secondary N) is 1. The first kappa shape index (κ1) is 24.2. The predicted molar refractivity (Wildman–Crippen MR) is 109 cm³/mol. The van der Waals surface area contributed by atoms with Crippen LogP contribution in [0, 0.1) is 13.8 Å². The minimum absolute atomic E-state index is 0. The highest BCUT2D eigenvalue weighted by molar-refractivity contribution is 7.89. The number of rotatable bonds is 7. The Hall–Kier alpha value is -1.87. The maximum atomic E-state index is 12.8. The average Bonchev–Trinajstić information content (AvgIpc) is 2.93. The van der Waals surface area contributed by atoms with Gasteiger partial charge in [0.1, 0.15) is 22.0 Å². The van der Waals surface area contributed by atoms with E-state index in [0.29, 0.717) is 5.92 Å². The van der Waals surface area contributed by atoms with Crippen molar-refractivity contribution in [1.29, 1.82) is 0 Å². The molecule has 0 aliphatic heterocycles. The molecule has 1 aromatic heterocycles. The number of aryl methyl sites for hydroxylation is 2. The van der Waals surface area contributed by atoms with Crippen LogP contribution in [-0.2, 0) is 14.8 Å². The smallest absolute Gasteiger partial charge is 0.342 e. The van der Waals surface area contributed by atoms with E-state index in [1.54, 1.807) is 0 Å². The number of halogens is 1. The number of benzene rings is 1. The lowest BCUT2D eigenvalue weighted by molar-refractivity contribution is 0.0595. The highest BCUT2D eigenvalue weighted by Crippen LogP contribution is 2.27. The number of hydrogen-bond acceptors (Lipinski definition) is 6. The fraction of sp³-hybridized carbons (Fsp3) is 0.421. The number of carbonyl (C=O) groups excluding carboxylic acids is 1. The van der Waals surface area contributed by atoms with Crippen LogP contribution in [0.3, 0.4) is 0 Å². The van der Waals surface area contributed by atoms with E-state index in [0.717, 1.165) is 5.56 Å². The number of hydrogen-bond donors (Lipinski definition) is 2. The maximum absolute atomic E-state index is 12.8. The zero-order valence-corrected chi connectivity index (χ0v) is 18.2. The molecular formula is C19H27ClN2O5S. The highest BCUT2D eigenvalue weighted by atomic mass is 35.5. The second kappa shape index (κ2) is 9.56. The zero-order valence-electron chi connectivity index (χ0n) is 16.6. The Morgan fingerprint density at radius 3 is 2.18 bits per heavy atom. The molecule has 3 N–H and O–H groups in total. The van der Waals surface area contributed by atoms with Gasteiger partial charge in [-0.25, -0.2) is 17.9 Å². The van der Waals surface area contributed by atoms with Crippen LogP contribution in [0.1, 0.15) is 58.8 Å². The van der Waals surface area contributed by atoms with E-state index in [4.69, 9.17) is 10.2 Å². The third-order valence-electron chi connectivity index (χ3n) is 4.39. The van der Waals surface area contributed by atoms with Crippen molar-refractivity contribution in [1.82, 2.24) is 4.72 Å². The van der Waals surface area contributed by atoms with Crippen LogP contribution in [0.5, 0.6) is 0 Å². The van der Waals surface area contributed by atoms with E-state index in [9.17, 15) is 13.2 Å². The molecule has 2 aromatic rings. The minimum atomic E-state index is -4.01. The molecule has 0 spiro atoms. The van der Waals surface area contributed by atoms with Gasteiger partial charge in [0.2, 0.25) is 10.0 Å². The molecule has 0 saturated carbocycles. The molecule has 2 rings (SSSR count). The van der Waals surface area contributed by atoms with E-state index >= 15 is 0 Å². The average molecular weight is 431 g/mol. The van der Waals surface area contributed by atoms with Crippen molar-refractivity contribution in [2.45, 2.75) is 44.6 Å². The Bertz CT molecular complexity index is 921. The molecule has 0 radical (unpaired) electrons. The summed E-state index contributed by atoms with van der Waals surface area (Å²) < 4.78 is 38.0. The van der Waals surface area contributed by atoms with Crippen molar-refractivity contribution in [2.24, 2.45) is 5.73 Å². The molecule has 9 heteroatoms. The number of nitrogens with two attached hydrogens (primary N) is 1. The standard InChI is InChI=1S/C19H26N2O5S.ClH/c1-11(2)14-6-8-15(9-7-14)16(20)10-21-27(23,24)18-13(4)26-12(3)17(18)19(22)25-5;/h6-9,11,16,21H,10,20H2,1-5H3;1H. The summed E-state index contributed by atoms with van der Waals surface area (Å²) in [6.45, 7) is 7.17. The summed E-state index contributed by atoms with van der Waals surface area (Å²) in [5.41, 5.74) is 8.03. The van der Waals surface area contributed by atoms with Gasteiger partial charge in [0.05, 0.1) is 7.11 Å². The third kappa shape index (κ3) is 5.14. The van der Waals surface area contributed by atoms with Crippen molar-refractivity contribution in [2.75, 3.05) is 13.7 Å². The lowest BCUT2D eigenvalue weighted by Gasteiger charge is -2.15. The molecule has 156 valence electrons. The maximum Gasteiger partial charge on any atom is 0.342 e. The summed E-state index contributed by atoms with van der Waals surface area (Å²) in [5, 5.41) is 0. The van der Waals surface area contributed by atoms with E-state index in [-0.39, 0.29) is 40.9 Å². The molecule has 0 bridgehead atoms. The van der Waals surface area contributed by atoms with Gasteiger partial charge in [-0.15, -0.1) is 12.4 Å². The van der Waals surface area contributed by atoms with Crippen molar-refractivity contribution < 1.29 is 22.4 Å². The molecule has 1 heterocycles. The van der Waals surface area contributed by atoms with Crippen LogP contribution < -0.4 is 10.5 Å². The minimum Gasteiger partial charge on any atom is -0.465 e. The Labute approximate surface area is 172 Å². The quantitative estimate of drug-likeness (QED) is 0.652. The number of carbonyl (C=O) groups is 1. The van der Waals surface area contributed by atoms with Gasteiger partial charge < -0.3 is 14.9 Å². The molecule has 7 nitrogen and oxygen atoms in total. The number of esters is 1. The SMILES string of the molecule is COC(=O)c1c(C)oc(C)c1S(=O)(=O)NCC(N)c1ccc(C(C)C)cc1.Cl. The number of furan rings is 1. The first-order valence-electron chi connectivity index (χ1n) is 8.61. The molecule has 0 saturated heterocycles. The van der Waals surface area contributed by atoms with Crippen molar-refractivity contribution in [3.8, 4) is 0 Å². The second-order valence-electron chi connectivity index (χ2n) is 6.69. The monoisotopic (exact) mass is 430 g/mol. The molecular weight excluding hydrogens is 404 g/mol. The van der Waals surface area contributed by atoms with Gasteiger partial charge in [0.15, 0.2) is 0 Å². The molecule has 1 aromatic carbocycles. The van der Waals surface area contributed by atoms with Gasteiger partial charge in [-0.2, -0.15) is 0 Å². The highest BCUT2D eigenvalue weighted by Gasteiger charge is 2.31. The summed E-state index contributed by atoms with van der Waals surface area (Å²) in [6, 6.07) is 7.21. The van der Waals surface area contributed by atoms with Gasteiger partial charge in [0.25, 0.3) is 0 Å². The fourth-order valence-corrected chi connectivity index (χ4v) is 4.30. The van der Waals surface area contributed by atoms with Gasteiger partial charge >= 0.3 is 5.97 Å². The summed E-state index contributed by atoms with van der Waals surface area (Å²) >= 11 is 0. The number of methoxy groups -OCH3 is 1. The van der Waals surface area contributed by atoms with Crippen LogP contribution >= 0.6 is 12.4 Å². The molecule has 1 unspecified atom stereocenters. The molecule has 1 atom stereocenters. The first-order chi connectivity index (χ1) is 12.6. The van der Waals surface area contributed by atoms with Gasteiger partial charge in [0, 0.05) is 12.6 Å². The van der Waals surface area contributed by atoms with E-state index in [1.807, 2.05) is 24.3 Å². The third-order valence-corrected chi connectivity index (χ3v) is 5.96. The topological polar surface area (TPSA) is 112 Å². The Balaban J connectivity index is 0.00000392. The fourth-order valence-electron chi connectivity index (χ4n) is 2.84. The van der Waals surface area contributed by atoms with Crippen LogP contribution in [0.25, 0.3) is 0 Å².